The molecule has 2 aliphatic heterocycles. The topological polar surface area (TPSA) is 32.7 Å². The highest BCUT2D eigenvalue weighted by Crippen LogP contribution is 2.46. The number of halogens is 1. The molecule has 0 spiro atoms. The van der Waals surface area contributed by atoms with Crippen molar-refractivity contribution in [3.05, 3.63) is 29.8 Å². The molecule has 4 heteroatoms. The van der Waals surface area contributed by atoms with E-state index in [-0.39, 0.29) is 18.4 Å². The summed E-state index contributed by atoms with van der Waals surface area (Å²) in [4.78, 5) is 2.44. The van der Waals surface area contributed by atoms with Gasteiger partial charge in [0.2, 0.25) is 0 Å². The van der Waals surface area contributed by atoms with Crippen molar-refractivity contribution in [3.8, 4) is 5.75 Å². The molecule has 2 aliphatic rings. The van der Waals surface area contributed by atoms with E-state index in [0.717, 1.165) is 37.2 Å². The van der Waals surface area contributed by atoms with Crippen LogP contribution in [0.5, 0.6) is 5.75 Å². The first kappa shape index (κ1) is 16.6. The first-order valence-corrected chi connectivity index (χ1v) is 7.92. The standard InChI is InChI=1S/C17H25NO2.ClH/c1-3-17(4-2)16(19)15(18-11-7-8-12-18)13-9-5-6-10-14(13)20-17;/h5-6,9-10,15-16,19H,3-4,7-8,11-12H2,1-2H3;1H. The minimum atomic E-state index is -0.453. The summed E-state index contributed by atoms with van der Waals surface area (Å²) in [6.07, 6.45) is 3.69. The highest BCUT2D eigenvalue weighted by atomic mass is 35.5. The Bertz CT molecular complexity index is 470. The van der Waals surface area contributed by atoms with E-state index < -0.39 is 11.7 Å². The Kier molecular flexibility index (Phi) is 5.18. The van der Waals surface area contributed by atoms with E-state index in [9.17, 15) is 5.11 Å². The molecule has 1 N–H and O–H groups in total. The Morgan fingerprint density at radius 2 is 1.81 bits per heavy atom. The minimum absolute atomic E-state index is 0. The Balaban J connectivity index is 0.00000161. The summed E-state index contributed by atoms with van der Waals surface area (Å²) in [7, 11) is 0. The number of benzene rings is 1. The Labute approximate surface area is 133 Å². The zero-order valence-corrected chi connectivity index (χ0v) is 13.7. The maximum absolute atomic E-state index is 11.0. The third-order valence-electron chi connectivity index (χ3n) is 5.12. The lowest BCUT2D eigenvalue weighted by Crippen LogP contribution is -2.56. The first-order chi connectivity index (χ1) is 9.72. The summed E-state index contributed by atoms with van der Waals surface area (Å²) in [5, 5.41) is 11.0. The van der Waals surface area contributed by atoms with Crippen molar-refractivity contribution in [2.45, 2.75) is 57.3 Å². The van der Waals surface area contributed by atoms with Crippen LogP contribution in [0.4, 0.5) is 0 Å². The highest BCUT2D eigenvalue weighted by molar-refractivity contribution is 5.85. The Morgan fingerprint density at radius 3 is 2.43 bits per heavy atom. The number of hydrogen-bond acceptors (Lipinski definition) is 3. The van der Waals surface area contributed by atoms with E-state index in [1.54, 1.807) is 0 Å². The van der Waals surface area contributed by atoms with E-state index in [4.69, 9.17) is 4.74 Å². The van der Waals surface area contributed by atoms with Gasteiger partial charge in [0, 0.05) is 5.56 Å². The average molecular weight is 312 g/mol. The van der Waals surface area contributed by atoms with Crippen LogP contribution in [0.2, 0.25) is 0 Å². The quantitative estimate of drug-likeness (QED) is 0.926. The Hall–Kier alpha value is -0.770. The average Bonchev–Trinajstić information content (AvgIpc) is 3.00. The molecular formula is C17H26ClNO2. The van der Waals surface area contributed by atoms with Gasteiger partial charge < -0.3 is 9.84 Å². The van der Waals surface area contributed by atoms with Crippen LogP contribution in [0.15, 0.2) is 24.3 Å². The van der Waals surface area contributed by atoms with E-state index in [2.05, 4.69) is 24.8 Å². The second-order valence-electron chi connectivity index (χ2n) is 6.04. The molecule has 3 rings (SSSR count). The van der Waals surface area contributed by atoms with Crippen molar-refractivity contribution < 1.29 is 9.84 Å². The number of hydrogen-bond donors (Lipinski definition) is 1. The fraction of sp³-hybridized carbons (Fsp3) is 0.647. The predicted molar refractivity (Wildman–Crippen MR) is 87.2 cm³/mol. The second-order valence-corrected chi connectivity index (χ2v) is 6.04. The molecule has 1 aromatic carbocycles. The van der Waals surface area contributed by atoms with Gasteiger partial charge in [0.15, 0.2) is 0 Å². The van der Waals surface area contributed by atoms with Gasteiger partial charge in [-0.3, -0.25) is 4.90 Å². The molecule has 118 valence electrons. The molecule has 21 heavy (non-hydrogen) atoms. The van der Waals surface area contributed by atoms with Crippen LogP contribution < -0.4 is 4.74 Å². The molecule has 2 unspecified atom stereocenters. The molecular weight excluding hydrogens is 286 g/mol. The largest absolute Gasteiger partial charge is 0.484 e. The third-order valence-corrected chi connectivity index (χ3v) is 5.12. The number of ether oxygens (including phenoxy) is 1. The first-order valence-electron chi connectivity index (χ1n) is 7.92. The van der Waals surface area contributed by atoms with Crippen molar-refractivity contribution in [1.29, 1.82) is 0 Å². The van der Waals surface area contributed by atoms with Gasteiger partial charge in [-0.1, -0.05) is 32.0 Å². The van der Waals surface area contributed by atoms with Crippen LogP contribution in [-0.2, 0) is 0 Å². The van der Waals surface area contributed by atoms with Gasteiger partial charge in [-0.15, -0.1) is 12.4 Å². The summed E-state index contributed by atoms with van der Waals surface area (Å²) in [5.74, 6) is 0.957. The molecule has 0 aromatic heterocycles. The number of likely N-dealkylation sites (tertiary alicyclic amines) is 1. The predicted octanol–water partition coefficient (Wildman–Crippen LogP) is 3.56. The fourth-order valence-electron chi connectivity index (χ4n) is 3.78. The summed E-state index contributed by atoms with van der Waals surface area (Å²) in [6, 6.07) is 8.31. The zero-order valence-electron chi connectivity index (χ0n) is 12.9. The Morgan fingerprint density at radius 1 is 1.19 bits per heavy atom. The van der Waals surface area contributed by atoms with Crippen molar-refractivity contribution in [2.75, 3.05) is 13.1 Å². The molecule has 0 bridgehead atoms. The summed E-state index contributed by atoms with van der Waals surface area (Å²) < 4.78 is 6.24. The van der Waals surface area contributed by atoms with E-state index in [1.165, 1.54) is 12.8 Å². The van der Waals surface area contributed by atoms with Crippen molar-refractivity contribution >= 4 is 12.4 Å². The van der Waals surface area contributed by atoms with E-state index >= 15 is 0 Å². The van der Waals surface area contributed by atoms with Gasteiger partial charge in [0.25, 0.3) is 0 Å². The SMILES string of the molecule is CCC1(CC)Oc2ccccc2C(N2CCCC2)C1O.Cl. The molecule has 0 radical (unpaired) electrons. The fourth-order valence-corrected chi connectivity index (χ4v) is 3.78. The molecule has 0 saturated carbocycles. The summed E-state index contributed by atoms with van der Waals surface area (Å²) >= 11 is 0. The lowest BCUT2D eigenvalue weighted by atomic mass is 9.80. The molecule has 1 fully saturated rings. The molecule has 2 atom stereocenters. The van der Waals surface area contributed by atoms with Crippen LogP contribution >= 0.6 is 12.4 Å². The minimum Gasteiger partial charge on any atom is -0.484 e. The molecule has 0 amide bonds. The van der Waals surface area contributed by atoms with Crippen LogP contribution in [0.25, 0.3) is 0 Å². The van der Waals surface area contributed by atoms with Crippen molar-refractivity contribution in [3.63, 3.8) is 0 Å². The number of nitrogens with zero attached hydrogens (tertiary/aromatic N) is 1. The maximum Gasteiger partial charge on any atom is 0.136 e. The number of aliphatic hydroxyl groups is 1. The number of aliphatic hydroxyl groups excluding tert-OH is 1. The second kappa shape index (κ2) is 6.55. The van der Waals surface area contributed by atoms with Gasteiger partial charge in [-0.25, -0.2) is 0 Å². The third kappa shape index (κ3) is 2.67. The zero-order chi connectivity index (χ0) is 14.2. The number of rotatable bonds is 3. The van der Waals surface area contributed by atoms with Crippen LogP contribution in [-0.4, -0.2) is 34.8 Å². The maximum atomic E-state index is 11.0. The summed E-state index contributed by atoms with van der Waals surface area (Å²) in [6.45, 7) is 6.39. The normalized spacial score (nSPS) is 27.6. The monoisotopic (exact) mass is 311 g/mol. The smallest absolute Gasteiger partial charge is 0.136 e. The lowest BCUT2D eigenvalue weighted by molar-refractivity contribution is -0.113. The van der Waals surface area contributed by atoms with E-state index in [0.29, 0.717) is 0 Å². The van der Waals surface area contributed by atoms with Gasteiger partial charge >= 0.3 is 0 Å². The molecule has 1 saturated heterocycles. The van der Waals surface area contributed by atoms with Gasteiger partial charge in [0.05, 0.1) is 6.04 Å². The molecule has 1 aromatic rings. The molecule has 0 aliphatic carbocycles. The number of fused-ring (bicyclic) bond motifs is 1. The van der Waals surface area contributed by atoms with Crippen molar-refractivity contribution in [1.82, 2.24) is 4.90 Å². The van der Waals surface area contributed by atoms with Gasteiger partial charge in [-0.05, 0) is 44.8 Å². The van der Waals surface area contributed by atoms with Crippen LogP contribution in [0.1, 0.15) is 51.1 Å². The molecule has 2 heterocycles. The number of para-hydroxylation sites is 1. The summed E-state index contributed by atoms with van der Waals surface area (Å²) in [5.41, 5.74) is 0.709. The van der Waals surface area contributed by atoms with Gasteiger partial charge in [0.1, 0.15) is 17.5 Å². The lowest BCUT2D eigenvalue weighted by Gasteiger charge is -2.48. The van der Waals surface area contributed by atoms with Gasteiger partial charge in [-0.2, -0.15) is 0 Å². The van der Waals surface area contributed by atoms with Crippen LogP contribution in [0, 0.1) is 0 Å². The van der Waals surface area contributed by atoms with Crippen molar-refractivity contribution in [2.24, 2.45) is 0 Å². The molecule has 3 nitrogen and oxygen atoms in total. The van der Waals surface area contributed by atoms with Crippen LogP contribution in [0.3, 0.4) is 0 Å². The van der Waals surface area contributed by atoms with E-state index in [1.807, 2.05) is 18.2 Å². The highest BCUT2D eigenvalue weighted by Gasteiger charge is 2.49.